The maximum atomic E-state index is 6.02. The van der Waals surface area contributed by atoms with Crippen molar-refractivity contribution in [2.75, 3.05) is 0 Å². The molecule has 1 fully saturated rings. The Morgan fingerprint density at radius 2 is 1.90 bits per heavy atom. The predicted molar refractivity (Wildman–Crippen MR) is 75.9 cm³/mol. The molecular weight excluding hydrogens is 252 g/mol. The van der Waals surface area contributed by atoms with Crippen LogP contribution in [-0.4, -0.2) is 26.3 Å². The van der Waals surface area contributed by atoms with Gasteiger partial charge in [-0.1, -0.05) is 49.6 Å². The first-order chi connectivity index (χ1) is 9.83. The third-order valence-corrected chi connectivity index (χ3v) is 3.73. The second-order valence-electron chi connectivity index (χ2n) is 5.29. The Hall–Kier alpha value is -1.75. The van der Waals surface area contributed by atoms with Crippen LogP contribution in [0.4, 0.5) is 0 Å². The number of hydrogen-bond acceptors (Lipinski definition) is 4. The lowest BCUT2D eigenvalue weighted by Crippen LogP contribution is -2.22. The average molecular weight is 272 g/mol. The molecule has 0 radical (unpaired) electrons. The molecule has 0 bridgehead atoms. The first-order valence-electron chi connectivity index (χ1n) is 7.33. The zero-order chi connectivity index (χ0) is 13.8. The van der Waals surface area contributed by atoms with Crippen molar-refractivity contribution in [3.63, 3.8) is 0 Å². The van der Waals surface area contributed by atoms with Gasteiger partial charge in [0, 0.05) is 5.56 Å². The Bertz CT molecular complexity index is 534. The molecule has 2 aromatic rings. The van der Waals surface area contributed by atoms with E-state index in [1.807, 2.05) is 37.3 Å². The largest absolute Gasteiger partial charge is 0.352 e. The summed E-state index contributed by atoms with van der Waals surface area (Å²) in [7, 11) is 0. The van der Waals surface area contributed by atoms with Crippen LogP contribution in [0.25, 0.3) is 11.4 Å². The van der Waals surface area contributed by atoms with Crippen LogP contribution in [0.2, 0.25) is 0 Å². The van der Waals surface area contributed by atoms with Crippen LogP contribution in [-0.2, 0) is 4.74 Å². The first-order valence-corrected chi connectivity index (χ1v) is 7.33. The lowest BCUT2D eigenvalue weighted by atomic mass is 9.98. The van der Waals surface area contributed by atoms with E-state index in [1.165, 1.54) is 19.3 Å². The van der Waals surface area contributed by atoms with Gasteiger partial charge < -0.3 is 4.74 Å². The average Bonchev–Trinajstić information content (AvgIpc) is 2.99. The Labute approximate surface area is 118 Å². The number of aromatic nitrogens is 4. The summed E-state index contributed by atoms with van der Waals surface area (Å²) in [6, 6.07) is 9.88. The minimum atomic E-state index is -0.164. The van der Waals surface area contributed by atoms with Gasteiger partial charge in [-0.15, -0.1) is 15.0 Å². The highest BCUT2D eigenvalue weighted by Gasteiger charge is 2.19. The van der Waals surface area contributed by atoms with Crippen LogP contribution in [0.3, 0.4) is 0 Å². The van der Waals surface area contributed by atoms with Crippen LogP contribution in [0.5, 0.6) is 0 Å². The van der Waals surface area contributed by atoms with Gasteiger partial charge in [0.2, 0.25) is 5.82 Å². The van der Waals surface area contributed by atoms with Crippen molar-refractivity contribution in [2.24, 2.45) is 0 Å². The van der Waals surface area contributed by atoms with Gasteiger partial charge in [0.15, 0.2) is 6.23 Å². The molecule has 0 spiro atoms. The summed E-state index contributed by atoms with van der Waals surface area (Å²) in [6.07, 6.45) is 6.31. The fraction of sp³-hybridized carbons (Fsp3) is 0.533. The number of hydrogen-bond donors (Lipinski definition) is 0. The summed E-state index contributed by atoms with van der Waals surface area (Å²) >= 11 is 0. The molecule has 1 saturated carbocycles. The van der Waals surface area contributed by atoms with Crippen molar-refractivity contribution < 1.29 is 4.74 Å². The molecule has 5 heteroatoms. The molecule has 5 nitrogen and oxygen atoms in total. The van der Waals surface area contributed by atoms with E-state index in [0.29, 0.717) is 11.9 Å². The molecule has 20 heavy (non-hydrogen) atoms. The minimum absolute atomic E-state index is 0.164. The molecule has 1 aliphatic rings. The first kappa shape index (κ1) is 13.2. The molecule has 1 atom stereocenters. The summed E-state index contributed by atoms with van der Waals surface area (Å²) in [5, 5.41) is 12.6. The molecule has 1 aromatic heterocycles. The van der Waals surface area contributed by atoms with Gasteiger partial charge in [-0.2, -0.15) is 0 Å². The zero-order valence-corrected chi connectivity index (χ0v) is 11.8. The summed E-state index contributed by atoms with van der Waals surface area (Å²) < 4.78 is 6.02. The van der Waals surface area contributed by atoms with Gasteiger partial charge in [-0.05, 0) is 25.0 Å². The van der Waals surface area contributed by atoms with E-state index in [2.05, 4.69) is 15.4 Å². The highest BCUT2D eigenvalue weighted by Crippen LogP contribution is 2.24. The fourth-order valence-corrected chi connectivity index (χ4v) is 2.62. The van der Waals surface area contributed by atoms with Crippen LogP contribution in [0.1, 0.15) is 45.3 Å². The van der Waals surface area contributed by atoms with Crippen molar-refractivity contribution in [2.45, 2.75) is 51.4 Å². The lowest BCUT2D eigenvalue weighted by molar-refractivity contribution is -0.0706. The van der Waals surface area contributed by atoms with Gasteiger partial charge >= 0.3 is 0 Å². The van der Waals surface area contributed by atoms with E-state index >= 15 is 0 Å². The monoisotopic (exact) mass is 272 g/mol. The Balaban J connectivity index is 1.66. The zero-order valence-electron chi connectivity index (χ0n) is 11.8. The SMILES string of the molecule is CC(OC1CCCCC1)n1nnc(-c2ccccc2)n1. The van der Waals surface area contributed by atoms with Gasteiger partial charge in [-0.3, -0.25) is 0 Å². The Morgan fingerprint density at radius 1 is 1.15 bits per heavy atom. The number of ether oxygens (including phenoxy) is 1. The maximum Gasteiger partial charge on any atom is 0.205 e. The van der Waals surface area contributed by atoms with Gasteiger partial charge in [0.25, 0.3) is 0 Å². The molecule has 1 unspecified atom stereocenters. The maximum absolute atomic E-state index is 6.02. The molecule has 1 aromatic carbocycles. The van der Waals surface area contributed by atoms with Crippen molar-refractivity contribution >= 4 is 0 Å². The predicted octanol–water partition coefficient (Wildman–Crippen LogP) is 3.21. The molecule has 106 valence electrons. The van der Waals surface area contributed by atoms with E-state index in [4.69, 9.17) is 4.74 Å². The molecule has 3 rings (SSSR count). The van der Waals surface area contributed by atoms with Crippen molar-refractivity contribution in [1.29, 1.82) is 0 Å². The molecule has 0 aliphatic heterocycles. The van der Waals surface area contributed by atoms with Crippen LogP contribution >= 0.6 is 0 Å². The summed E-state index contributed by atoms with van der Waals surface area (Å²) in [6.45, 7) is 1.98. The standard InChI is InChI=1S/C15H20N4O/c1-12(20-14-10-6-3-7-11-14)19-17-15(16-18-19)13-8-4-2-5-9-13/h2,4-5,8-9,12,14H,3,6-7,10-11H2,1H3. The smallest absolute Gasteiger partial charge is 0.205 e. The highest BCUT2D eigenvalue weighted by atomic mass is 16.5. The number of rotatable bonds is 4. The molecule has 0 saturated heterocycles. The quantitative estimate of drug-likeness (QED) is 0.857. The van der Waals surface area contributed by atoms with E-state index in [-0.39, 0.29) is 6.23 Å². The second-order valence-corrected chi connectivity index (χ2v) is 5.29. The molecular formula is C15H20N4O. The van der Waals surface area contributed by atoms with Crippen LogP contribution in [0, 0.1) is 0 Å². The molecule has 1 heterocycles. The van der Waals surface area contributed by atoms with Crippen LogP contribution < -0.4 is 0 Å². The second kappa shape index (κ2) is 6.13. The topological polar surface area (TPSA) is 52.8 Å². The number of benzene rings is 1. The Morgan fingerprint density at radius 3 is 2.65 bits per heavy atom. The lowest BCUT2D eigenvalue weighted by Gasteiger charge is -2.24. The van der Waals surface area contributed by atoms with Gasteiger partial charge in [0.05, 0.1) is 6.10 Å². The number of tetrazole rings is 1. The van der Waals surface area contributed by atoms with E-state index in [0.717, 1.165) is 18.4 Å². The Kier molecular flexibility index (Phi) is 4.06. The van der Waals surface area contributed by atoms with Gasteiger partial charge in [0.1, 0.15) is 0 Å². The molecule has 0 N–H and O–H groups in total. The molecule has 1 aliphatic carbocycles. The van der Waals surface area contributed by atoms with E-state index in [1.54, 1.807) is 4.80 Å². The van der Waals surface area contributed by atoms with Gasteiger partial charge in [-0.25, -0.2) is 0 Å². The normalized spacial score (nSPS) is 18.1. The molecule has 0 amide bonds. The van der Waals surface area contributed by atoms with E-state index in [9.17, 15) is 0 Å². The summed E-state index contributed by atoms with van der Waals surface area (Å²) in [4.78, 5) is 1.57. The third kappa shape index (κ3) is 3.04. The van der Waals surface area contributed by atoms with Crippen molar-refractivity contribution in [3.8, 4) is 11.4 Å². The van der Waals surface area contributed by atoms with E-state index < -0.39 is 0 Å². The minimum Gasteiger partial charge on any atom is -0.352 e. The van der Waals surface area contributed by atoms with Crippen molar-refractivity contribution in [1.82, 2.24) is 20.2 Å². The highest BCUT2D eigenvalue weighted by molar-refractivity contribution is 5.52. The summed E-state index contributed by atoms with van der Waals surface area (Å²) in [5.41, 5.74) is 0.976. The fourth-order valence-electron chi connectivity index (χ4n) is 2.62. The third-order valence-electron chi connectivity index (χ3n) is 3.73. The van der Waals surface area contributed by atoms with Crippen LogP contribution in [0.15, 0.2) is 30.3 Å². The summed E-state index contributed by atoms with van der Waals surface area (Å²) in [5.74, 6) is 0.643. The number of nitrogens with zero attached hydrogens (tertiary/aromatic N) is 4. The van der Waals surface area contributed by atoms with Crippen molar-refractivity contribution in [3.05, 3.63) is 30.3 Å².